The summed E-state index contributed by atoms with van der Waals surface area (Å²) in [5.74, 6) is 1.47. The van der Waals surface area contributed by atoms with Crippen LogP contribution in [0.4, 0.5) is 0 Å². The van der Waals surface area contributed by atoms with E-state index < -0.39 is 5.97 Å². The molecule has 1 aromatic carbocycles. The van der Waals surface area contributed by atoms with Crippen molar-refractivity contribution in [2.45, 2.75) is 0 Å². The summed E-state index contributed by atoms with van der Waals surface area (Å²) in [5.41, 5.74) is 0. The van der Waals surface area contributed by atoms with Crippen LogP contribution in [0.3, 0.4) is 0 Å². The number of carbonyl (C=O) groups is 1. The van der Waals surface area contributed by atoms with E-state index in [4.69, 9.17) is 9.84 Å². The second-order valence-corrected chi connectivity index (χ2v) is 2.67. The Morgan fingerprint density at radius 2 is 2.13 bits per heavy atom. The lowest BCUT2D eigenvalue weighted by atomic mass is 10.2. The van der Waals surface area contributed by atoms with Crippen LogP contribution in [0.5, 0.6) is 11.5 Å². The van der Waals surface area contributed by atoms with E-state index in [-0.39, 0.29) is 13.2 Å². The number of carbonyl (C=O) groups excluding carboxylic acids is 1. The van der Waals surface area contributed by atoms with E-state index >= 15 is 0 Å². The summed E-state index contributed by atoms with van der Waals surface area (Å²) in [6, 6.07) is 7.86. The highest BCUT2D eigenvalue weighted by Gasteiger charge is 2.05. The summed E-state index contributed by atoms with van der Waals surface area (Å²) in [6.07, 6.45) is 1.05. The van der Waals surface area contributed by atoms with Gasteiger partial charge in [-0.15, -0.1) is 0 Å². The summed E-state index contributed by atoms with van der Waals surface area (Å²) >= 11 is 0. The fraction of sp³-hybridized carbons (Fsp3) is 0.182. The molecule has 0 aromatic heterocycles. The lowest BCUT2D eigenvalue weighted by Crippen LogP contribution is -2.04. The maximum atomic E-state index is 10.1. The van der Waals surface area contributed by atoms with Gasteiger partial charge >= 0.3 is 5.97 Å². The molecule has 4 nitrogen and oxygen atoms in total. The standard InChI is InChI=1S/C6H4O.C5H8O3/c1-2-5-4-6(3-1)7-5;1-2-5(7)8-4-3-6/h1-4H;2,6H,1,3-4H2. The normalized spacial score (nSPS) is 9.93. The molecule has 2 bridgehead atoms. The Morgan fingerprint density at radius 1 is 1.53 bits per heavy atom. The number of fused-ring (bicyclic) bond motifs is 2. The maximum absolute atomic E-state index is 10.1. The van der Waals surface area contributed by atoms with Crippen LogP contribution in [0.15, 0.2) is 36.9 Å². The van der Waals surface area contributed by atoms with Gasteiger partial charge in [-0.3, -0.25) is 0 Å². The highest BCUT2D eigenvalue weighted by Crippen LogP contribution is 2.32. The van der Waals surface area contributed by atoms with Crippen molar-refractivity contribution >= 4 is 5.97 Å². The van der Waals surface area contributed by atoms with Crippen LogP contribution < -0.4 is 4.74 Å². The molecule has 1 aromatic rings. The molecule has 0 fully saturated rings. The molecule has 2 aliphatic rings. The Morgan fingerprint density at radius 3 is 2.40 bits per heavy atom. The van der Waals surface area contributed by atoms with E-state index in [0.717, 1.165) is 17.6 Å². The second-order valence-electron chi connectivity index (χ2n) is 2.67. The zero-order valence-electron chi connectivity index (χ0n) is 8.18. The molecule has 0 unspecified atom stereocenters. The number of aliphatic hydroxyl groups excluding tert-OH is 1. The van der Waals surface area contributed by atoms with Crippen LogP contribution >= 0.6 is 0 Å². The van der Waals surface area contributed by atoms with E-state index in [9.17, 15) is 4.79 Å². The molecule has 15 heavy (non-hydrogen) atoms. The van der Waals surface area contributed by atoms with Gasteiger partial charge in [-0.1, -0.05) is 12.6 Å². The van der Waals surface area contributed by atoms with Crippen molar-refractivity contribution in [3.8, 4) is 11.5 Å². The van der Waals surface area contributed by atoms with Gasteiger partial charge in [0.1, 0.15) is 18.1 Å². The molecule has 2 heterocycles. The van der Waals surface area contributed by atoms with E-state index in [2.05, 4.69) is 11.3 Å². The minimum atomic E-state index is -0.501. The van der Waals surface area contributed by atoms with Gasteiger partial charge in [0.2, 0.25) is 0 Å². The van der Waals surface area contributed by atoms with Gasteiger partial charge in [-0.2, -0.15) is 0 Å². The van der Waals surface area contributed by atoms with Crippen LogP contribution in [-0.4, -0.2) is 24.3 Å². The lowest BCUT2D eigenvalue weighted by molar-refractivity contribution is -0.138. The van der Waals surface area contributed by atoms with Crippen LogP contribution in [0.25, 0.3) is 0 Å². The summed E-state index contributed by atoms with van der Waals surface area (Å²) in [7, 11) is 0. The number of ether oxygens (including phenoxy) is 2. The molecule has 1 N–H and O–H groups in total. The molecular weight excluding hydrogens is 196 g/mol. The second kappa shape index (κ2) is 5.82. The van der Waals surface area contributed by atoms with Crippen LogP contribution in [-0.2, 0) is 9.53 Å². The topological polar surface area (TPSA) is 55.8 Å². The fourth-order valence-corrected chi connectivity index (χ4v) is 0.884. The molecule has 0 aliphatic carbocycles. The number of benzene rings is 1. The van der Waals surface area contributed by atoms with Crippen molar-refractivity contribution in [3.63, 3.8) is 0 Å². The number of aliphatic hydroxyl groups is 1. The van der Waals surface area contributed by atoms with E-state index in [1.807, 2.05) is 24.3 Å². The number of rotatable bonds is 3. The van der Waals surface area contributed by atoms with Crippen molar-refractivity contribution in [3.05, 3.63) is 36.9 Å². The average molecular weight is 208 g/mol. The first kappa shape index (κ1) is 11.3. The maximum Gasteiger partial charge on any atom is 0.330 e. The summed E-state index contributed by atoms with van der Waals surface area (Å²) in [5, 5.41) is 8.10. The summed E-state index contributed by atoms with van der Waals surface area (Å²) in [6.45, 7) is 3.06. The van der Waals surface area contributed by atoms with Gasteiger partial charge in [0.25, 0.3) is 0 Å². The Bertz CT molecular complexity index is 321. The molecule has 2 aliphatic heterocycles. The SMILES string of the molecule is C=CC(=O)OCCO.c1cc2cc(c1)O2. The molecule has 0 spiro atoms. The predicted octanol–water partition coefficient (Wildman–Crippen LogP) is 1.50. The highest BCUT2D eigenvalue weighted by atomic mass is 16.5. The quantitative estimate of drug-likeness (QED) is 0.613. The first-order chi connectivity index (χ1) is 7.26. The van der Waals surface area contributed by atoms with Gasteiger partial charge in [0.15, 0.2) is 0 Å². The summed E-state index contributed by atoms with van der Waals surface area (Å²) in [4.78, 5) is 10.1. The fourth-order valence-electron chi connectivity index (χ4n) is 0.884. The first-order valence-electron chi connectivity index (χ1n) is 4.44. The minimum absolute atomic E-state index is 0.0465. The van der Waals surface area contributed by atoms with Gasteiger partial charge in [0, 0.05) is 12.1 Å². The molecule has 4 heteroatoms. The molecule has 0 radical (unpaired) electrons. The molecule has 0 amide bonds. The first-order valence-corrected chi connectivity index (χ1v) is 4.44. The summed E-state index contributed by atoms with van der Waals surface area (Å²) < 4.78 is 9.34. The van der Waals surface area contributed by atoms with E-state index in [1.165, 1.54) is 0 Å². The largest absolute Gasteiger partial charge is 0.460 e. The van der Waals surface area contributed by atoms with Crippen molar-refractivity contribution in [1.29, 1.82) is 0 Å². The Balaban J connectivity index is 0.000000150. The lowest BCUT2D eigenvalue weighted by Gasteiger charge is -2.13. The number of esters is 1. The minimum Gasteiger partial charge on any atom is -0.460 e. The van der Waals surface area contributed by atoms with Gasteiger partial charge < -0.3 is 14.6 Å². The van der Waals surface area contributed by atoms with E-state index in [1.54, 1.807) is 0 Å². The molecule has 80 valence electrons. The number of hydrogen-bond acceptors (Lipinski definition) is 4. The van der Waals surface area contributed by atoms with Crippen molar-refractivity contribution < 1.29 is 19.4 Å². The Kier molecular flexibility index (Phi) is 4.37. The third-order valence-electron chi connectivity index (χ3n) is 1.54. The predicted molar refractivity (Wildman–Crippen MR) is 54.8 cm³/mol. The third-order valence-corrected chi connectivity index (χ3v) is 1.54. The molecule has 0 atom stereocenters. The zero-order chi connectivity index (χ0) is 11.1. The molecule has 3 rings (SSSR count). The van der Waals surface area contributed by atoms with Crippen LogP contribution in [0.1, 0.15) is 0 Å². The molecule has 0 saturated carbocycles. The van der Waals surface area contributed by atoms with Gasteiger partial charge in [0.05, 0.1) is 6.61 Å². The highest BCUT2D eigenvalue weighted by molar-refractivity contribution is 5.81. The monoisotopic (exact) mass is 208 g/mol. The van der Waals surface area contributed by atoms with Crippen molar-refractivity contribution in [2.75, 3.05) is 13.2 Å². The van der Waals surface area contributed by atoms with Gasteiger partial charge in [-0.05, 0) is 12.1 Å². The smallest absolute Gasteiger partial charge is 0.330 e. The average Bonchev–Trinajstić information content (AvgIpc) is 2.27. The van der Waals surface area contributed by atoms with Gasteiger partial charge in [-0.25, -0.2) is 4.79 Å². The van der Waals surface area contributed by atoms with Crippen LogP contribution in [0.2, 0.25) is 0 Å². The zero-order valence-corrected chi connectivity index (χ0v) is 8.18. The third kappa shape index (κ3) is 3.83. The number of hydrogen-bond donors (Lipinski definition) is 1. The van der Waals surface area contributed by atoms with Crippen molar-refractivity contribution in [1.82, 2.24) is 0 Å². The Labute approximate surface area is 87.7 Å². The molecule has 0 saturated heterocycles. The Hall–Kier alpha value is -1.81. The van der Waals surface area contributed by atoms with Crippen molar-refractivity contribution in [2.24, 2.45) is 0 Å². The van der Waals surface area contributed by atoms with Crippen LogP contribution in [0, 0.1) is 0 Å². The van der Waals surface area contributed by atoms with E-state index in [0.29, 0.717) is 0 Å². The molecular formula is C11H12O4.